The summed E-state index contributed by atoms with van der Waals surface area (Å²) >= 11 is 2.09. The van der Waals surface area contributed by atoms with E-state index in [1.165, 1.54) is 41.0 Å². The van der Waals surface area contributed by atoms with Gasteiger partial charge in [-0.25, -0.2) is 0 Å². The number of thioether (sulfide) groups is 1. The first-order valence-electron chi connectivity index (χ1n) is 7.92. The van der Waals surface area contributed by atoms with Crippen molar-refractivity contribution in [3.05, 3.63) is 34.9 Å². The fourth-order valence-corrected chi connectivity index (χ4v) is 3.65. The van der Waals surface area contributed by atoms with Crippen molar-refractivity contribution in [3.8, 4) is 0 Å². The molecule has 0 spiro atoms. The topological polar surface area (TPSA) is 12.0 Å². The van der Waals surface area contributed by atoms with Crippen molar-refractivity contribution in [3.63, 3.8) is 0 Å². The highest BCUT2D eigenvalue weighted by Gasteiger charge is 2.13. The molecule has 0 saturated carbocycles. The Labute approximate surface area is 129 Å². The summed E-state index contributed by atoms with van der Waals surface area (Å²) in [5.41, 5.74) is 4.25. The zero-order valence-corrected chi connectivity index (χ0v) is 14.6. The van der Waals surface area contributed by atoms with Crippen molar-refractivity contribution in [2.24, 2.45) is 5.92 Å². The molecule has 1 aromatic carbocycles. The van der Waals surface area contributed by atoms with Gasteiger partial charge in [0.05, 0.1) is 0 Å². The van der Waals surface area contributed by atoms with Crippen molar-refractivity contribution in [1.29, 1.82) is 0 Å². The van der Waals surface area contributed by atoms with E-state index in [0.717, 1.165) is 12.5 Å². The van der Waals surface area contributed by atoms with Gasteiger partial charge in [-0.1, -0.05) is 44.5 Å². The van der Waals surface area contributed by atoms with Gasteiger partial charge in [0, 0.05) is 11.8 Å². The van der Waals surface area contributed by atoms with Gasteiger partial charge >= 0.3 is 0 Å². The minimum absolute atomic E-state index is 0.493. The summed E-state index contributed by atoms with van der Waals surface area (Å²) in [6.07, 6.45) is 2.51. The summed E-state index contributed by atoms with van der Waals surface area (Å²) in [5, 5.41) is 3.71. The van der Waals surface area contributed by atoms with E-state index in [9.17, 15) is 0 Å². The molecule has 0 aromatic heterocycles. The molecule has 0 heterocycles. The minimum atomic E-state index is 0.493. The molecule has 0 aliphatic carbocycles. The molecule has 0 fully saturated rings. The quantitative estimate of drug-likeness (QED) is 0.634. The highest BCUT2D eigenvalue weighted by Crippen LogP contribution is 2.23. The summed E-state index contributed by atoms with van der Waals surface area (Å²) in [5.74, 6) is 3.26. The van der Waals surface area contributed by atoms with Crippen molar-refractivity contribution >= 4 is 11.8 Å². The number of hydrogen-bond acceptors (Lipinski definition) is 2. The Morgan fingerprint density at radius 2 is 1.95 bits per heavy atom. The Balaban J connectivity index is 2.62. The van der Waals surface area contributed by atoms with E-state index in [2.05, 4.69) is 69.9 Å². The average Bonchev–Trinajstić information content (AvgIpc) is 2.38. The summed E-state index contributed by atoms with van der Waals surface area (Å²) < 4.78 is 0. The van der Waals surface area contributed by atoms with Gasteiger partial charge in [-0.05, 0) is 56.0 Å². The molecular formula is C18H31NS. The van der Waals surface area contributed by atoms with Crippen LogP contribution in [0, 0.1) is 19.8 Å². The number of rotatable bonds is 9. The molecule has 1 rings (SSSR count). The van der Waals surface area contributed by atoms with E-state index in [1.54, 1.807) is 0 Å². The van der Waals surface area contributed by atoms with E-state index >= 15 is 0 Å². The van der Waals surface area contributed by atoms with Crippen molar-refractivity contribution in [2.45, 2.75) is 53.5 Å². The maximum absolute atomic E-state index is 3.71. The zero-order valence-electron chi connectivity index (χ0n) is 13.8. The van der Waals surface area contributed by atoms with Gasteiger partial charge < -0.3 is 5.32 Å². The number of nitrogens with one attached hydrogen (secondary N) is 1. The predicted molar refractivity (Wildman–Crippen MR) is 93.7 cm³/mol. The van der Waals surface area contributed by atoms with Crippen LogP contribution >= 0.6 is 11.8 Å². The standard InChI is InChI=1S/C18H31NS/c1-6-10-19-18(13-20-11-9-14(2)3)17-8-7-15(4)12-16(17)5/h7-8,12,14,18-19H,6,9-11,13H2,1-5H3. The summed E-state index contributed by atoms with van der Waals surface area (Å²) in [7, 11) is 0. The van der Waals surface area contributed by atoms with Crippen LogP contribution in [-0.2, 0) is 0 Å². The lowest BCUT2D eigenvalue weighted by Gasteiger charge is -2.21. The lowest BCUT2D eigenvalue weighted by Crippen LogP contribution is -2.25. The number of benzene rings is 1. The fourth-order valence-electron chi connectivity index (χ4n) is 2.31. The molecular weight excluding hydrogens is 262 g/mol. The second-order valence-corrected chi connectivity index (χ2v) is 7.27. The zero-order chi connectivity index (χ0) is 15.0. The lowest BCUT2D eigenvalue weighted by molar-refractivity contribution is 0.574. The average molecular weight is 294 g/mol. The highest BCUT2D eigenvalue weighted by molar-refractivity contribution is 7.99. The van der Waals surface area contributed by atoms with E-state index in [1.807, 2.05) is 0 Å². The molecule has 0 amide bonds. The minimum Gasteiger partial charge on any atom is -0.309 e. The fraction of sp³-hybridized carbons (Fsp3) is 0.667. The van der Waals surface area contributed by atoms with Gasteiger partial charge in [0.2, 0.25) is 0 Å². The number of hydrogen-bond donors (Lipinski definition) is 1. The van der Waals surface area contributed by atoms with E-state index < -0.39 is 0 Å². The monoisotopic (exact) mass is 293 g/mol. The maximum Gasteiger partial charge on any atom is 0.0414 e. The SMILES string of the molecule is CCCNC(CSCCC(C)C)c1ccc(C)cc1C. The molecule has 1 N–H and O–H groups in total. The molecule has 114 valence electrons. The third-order valence-electron chi connectivity index (χ3n) is 3.57. The largest absolute Gasteiger partial charge is 0.309 e. The summed E-state index contributed by atoms with van der Waals surface area (Å²) in [6.45, 7) is 12.3. The van der Waals surface area contributed by atoms with Gasteiger partial charge in [-0.2, -0.15) is 11.8 Å². The molecule has 1 atom stereocenters. The van der Waals surface area contributed by atoms with Crippen molar-refractivity contribution < 1.29 is 0 Å². The molecule has 1 aromatic rings. The molecule has 1 nitrogen and oxygen atoms in total. The van der Waals surface area contributed by atoms with Gasteiger partial charge in [0.25, 0.3) is 0 Å². The molecule has 0 radical (unpaired) electrons. The van der Waals surface area contributed by atoms with Crippen LogP contribution in [-0.4, -0.2) is 18.1 Å². The Bertz CT molecular complexity index is 387. The van der Waals surface area contributed by atoms with E-state index in [4.69, 9.17) is 0 Å². The summed E-state index contributed by atoms with van der Waals surface area (Å²) in [4.78, 5) is 0. The Morgan fingerprint density at radius 1 is 1.20 bits per heavy atom. The Morgan fingerprint density at radius 3 is 2.55 bits per heavy atom. The lowest BCUT2D eigenvalue weighted by atomic mass is 10.00. The van der Waals surface area contributed by atoms with Crippen LogP contribution in [0.15, 0.2) is 18.2 Å². The molecule has 20 heavy (non-hydrogen) atoms. The van der Waals surface area contributed by atoms with Gasteiger partial charge in [0.15, 0.2) is 0 Å². The normalized spacial score (nSPS) is 12.9. The molecule has 2 heteroatoms. The van der Waals surface area contributed by atoms with E-state index in [0.29, 0.717) is 6.04 Å². The second-order valence-electron chi connectivity index (χ2n) is 6.12. The highest BCUT2D eigenvalue weighted by atomic mass is 32.2. The first-order valence-corrected chi connectivity index (χ1v) is 9.08. The van der Waals surface area contributed by atoms with Crippen LogP contribution < -0.4 is 5.32 Å². The van der Waals surface area contributed by atoms with Crippen LogP contribution in [0.3, 0.4) is 0 Å². The Hall–Kier alpha value is -0.470. The predicted octanol–water partition coefficient (Wildman–Crippen LogP) is 5.12. The second kappa shape index (κ2) is 9.46. The van der Waals surface area contributed by atoms with Gasteiger partial charge in [-0.15, -0.1) is 0 Å². The smallest absolute Gasteiger partial charge is 0.0414 e. The summed E-state index contributed by atoms with van der Waals surface area (Å²) in [6, 6.07) is 7.34. The molecule has 0 saturated heterocycles. The first kappa shape index (κ1) is 17.6. The van der Waals surface area contributed by atoms with Crippen LogP contribution in [0.5, 0.6) is 0 Å². The van der Waals surface area contributed by atoms with Crippen LogP contribution in [0.25, 0.3) is 0 Å². The van der Waals surface area contributed by atoms with Crippen LogP contribution in [0.4, 0.5) is 0 Å². The van der Waals surface area contributed by atoms with E-state index in [-0.39, 0.29) is 0 Å². The molecule has 0 aliphatic heterocycles. The maximum atomic E-state index is 3.71. The van der Waals surface area contributed by atoms with Crippen LogP contribution in [0.1, 0.15) is 56.3 Å². The molecule has 0 aliphatic rings. The number of aryl methyl sites for hydroxylation is 2. The van der Waals surface area contributed by atoms with Gasteiger partial charge in [0.1, 0.15) is 0 Å². The third-order valence-corrected chi connectivity index (χ3v) is 4.66. The third kappa shape index (κ3) is 6.32. The van der Waals surface area contributed by atoms with Crippen molar-refractivity contribution in [1.82, 2.24) is 5.32 Å². The molecule has 1 unspecified atom stereocenters. The van der Waals surface area contributed by atoms with Crippen LogP contribution in [0.2, 0.25) is 0 Å². The Kier molecular flexibility index (Phi) is 8.32. The first-order chi connectivity index (χ1) is 9.54. The van der Waals surface area contributed by atoms with Gasteiger partial charge in [-0.3, -0.25) is 0 Å². The molecule has 0 bridgehead atoms. The van der Waals surface area contributed by atoms with Crippen molar-refractivity contribution in [2.75, 3.05) is 18.1 Å².